The van der Waals surface area contributed by atoms with Gasteiger partial charge >= 0.3 is 0 Å². The van der Waals surface area contributed by atoms with Gasteiger partial charge in [-0.3, -0.25) is 0 Å². The molecular formula is C14H20. The number of hydrogen-bond donors (Lipinski definition) is 0. The minimum atomic E-state index is 0.959. The molecule has 0 aromatic carbocycles. The van der Waals surface area contributed by atoms with Crippen LogP contribution < -0.4 is 0 Å². The van der Waals surface area contributed by atoms with Crippen LogP contribution in [0.15, 0.2) is 22.8 Å². The monoisotopic (exact) mass is 188 g/mol. The predicted octanol–water partition coefficient (Wildman–Crippen LogP) is 4.38. The molecule has 0 aromatic heterocycles. The molecule has 0 aliphatic heterocycles. The van der Waals surface area contributed by atoms with E-state index in [0.717, 1.165) is 5.92 Å². The molecule has 3 rings (SSSR count). The van der Waals surface area contributed by atoms with E-state index in [-0.39, 0.29) is 0 Å². The largest absolute Gasteiger partial charge is 0.0665 e. The molecule has 76 valence electrons. The molecule has 0 nitrogen and oxygen atoms in total. The highest BCUT2D eigenvalue weighted by Gasteiger charge is 2.26. The van der Waals surface area contributed by atoms with E-state index in [9.17, 15) is 0 Å². The van der Waals surface area contributed by atoms with E-state index in [1.54, 1.807) is 11.1 Å². The van der Waals surface area contributed by atoms with Crippen molar-refractivity contribution in [2.45, 2.75) is 57.8 Å². The molecule has 0 aromatic rings. The van der Waals surface area contributed by atoms with Crippen LogP contribution in [-0.2, 0) is 0 Å². The highest BCUT2D eigenvalue weighted by Crippen LogP contribution is 2.42. The van der Waals surface area contributed by atoms with Crippen molar-refractivity contribution in [3.8, 4) is 0 Å². The Labute approximate surface area is 87.1 Å². The Balaban J connectivity index is 1.89. The molecule has 1 unspecified atom stereocenters. The molecule has 0 amide bonds. The first kappa shape index (κ1) is 8.76. The molecule has 14 heavy (non-hydrogen) atoms. The van der Waals surface area contributed by atoms with E-state index >= 15 is 0 Å². The minimum Gasteiger partial charge on any atom is -0.0665 e. The number of allylic oxidation sites excluding steroid dienone is 4. The van der Waals surface area contributed by atoms with Gasteiger partial charge in [-0.05, 0) is 62.9 Å². The van der Waals surface area contributed by atoms with Crippen LogP contribution in [0, 0.1) is 5.92 Å². The van der Waals surface area contributed by atoms with Crippen molar-refractivity contribution in [2.24, 2.45) is 5.92 Å². The average Bonchev–Trinajstić information content (AvgIpc) is 2.26. The van der Waals surface area contributed by atoms with Gasteiger partial charge in [0.05, 0.1) is 0 Å². The standard InChI is InChI=1S/C14H20/c1-2-6-12-10-14-8-4-3-7-13(14)9-11(12)5-1/h9,12H,1-8,10H2. The van der Waals surface area contributed by atoms with Crippen LogP contribution in [0.3, 0.4) is 0 Å². The zero-order chi connectivity index (χ0) is 9.38. The van der Waals surface area contributed by atoms with Crippen molar-refractivity contribution in [1.29, 1.82) is 0 Å². The summed E-state index contributed by atoms with van der Waals surface area (Å²) in [7, 11) is 0. The lowest BCUT2D eigenvalue weighted by Gasteiger charge is -2.33. The number of hydrogen-bond acceptors (Lipinski definition) is 0. The second kappa shape index (κ2) is 3.56. The third kappa shape index (κ3) is 1.45. The van der Waals surface area contributed by atoms with Gasteiger partial charge in [0, 0.05) is 0 Å². The molecule has 1 atom stereocenters. The fourth-order valence-electron chi connectivity index (χ4n) is 3.45. The lowest BCUT2D eigenvalue weighted by molar-refractivity contribution is 0.430. The SMILES string of the molecule is C1=C2CCCCC2CC2=C1CCCC2. The fourth-order valence-corrected chi connectivity index (χ4v) is 3.45. The molecule has 0 N–H and O–H groups in total. The second-order valence-electron chi connectivity index (χ2n) is 5.20. The van der Waals surface area contributed by atoms with Gasteiger partial charge in [-0.25, -0.2) is 0 Å². The van der Waals surface area contributed by atoms with Gasteiger partial charge in [0.15, 0.2) is 0 Å². The molecule has 0 saturated heterocycles. The summed E-state index contributed by atoms with van der Waals surface area (Å²) in [6, 6.07) is 0. The van der Waals surface area contributed by atoms with Crippen molar-refractivity contribution >= 4 is 0 Å². The third-order valence-electron chi connectivity index (χ3n) is 4.27. The Morgan fingerprint density at radius 3 is 2.79 bits per heavy atom. The van der Waals surface area contributed by atoms with E-state index in [4.69, 9.17) is 0 Å². The zero-order valence-electron chi connectivity index (χ0n) is 9.02. The van der Waals surface area contributed by atoms with Crippen LogP contribution in [0.1, 0.15) is 57.8 Å². The molecule has 3 aliphatic rings. The van der Waals surface area contributed by atoms with Gasteiger partial charge in [-0.2, -0.15) is 0 Å². The Morgan fingerprint density at radius 2 is 1.79 bits per heavy atom. The lowest BCUT2D eigenvalue weighted by Crippen LogP contribution is -2.17. The first-order chi connectivity index (χ1) is 6.93. The average molecular weight is 188 g/mol. The van der Waals surface area contributed by atoms with E-state index in [1.165, 1.54) is 57.8 Å². The Morgan fingerprint density at radius 1 is 0.929 bits per heavy atom. The maximum Gasteiger partial charge on any atom is -0.0163 e. The first-order valence-corrected chi connectivity index (χ1v) is 6.35. The lowest BCUT2D eigenvalue weighted by atomic mass is 9.72. The second-order valence-corrected chi connectivity index (χ2v) is 5.20. The Hall–Kier alpha value is -0.520. The molecular weight excluding hydrogens is 168 g/mol. The van der Waals surface area contributed by atoms with E-state index in [1.807, 2.05) is 5.57 Å². The highest BCUT2D eigenvalue weighted by molar-refractivity contribution is 5.37. The van der Waals surface area contributed by atoms with Gasteiger partial charge in [0.2, 0.25) is 0 Å². The normalized spacial score (nSPS) is 32.0. The zero-order valence-corrected chi connectivity index (χ0v) is 9.02. The summed E-state index contributed by atoms with van der Waals surface area (Å²) >= 11 is 0. The quantitative estimate of drug-likeness (QED) is 0.529. The first-order valence-electron chi connectivity index (χ1n) is 6.35. The van der Waals surface area contributed by atoms with Crippen molar-refractivity contribution in [2.75, 3.05) is 0 Å². The van der Waals surface area contributed by atoms with E-state index in [0.29, 0.717) is 0 Å². The van der Waals surface area contributed by atoms with Crippen molar-refractivity contribution in [3.05, 3.63) is 22.8 Å². The number of fused-ring (bicyclic) bond motifs is 1. The Bertz CT molecular complexity index is 293. The van der Waals surface area contributed by atoms with Crippen molar-refractivity contribution < 1.29 is 0 Å². The van der Waals surface area contributed by atoms with Crippen LogP contribution >= 0.6 is 0 Å². The summed E-state index contributed by atoms with van der Waals surface area (Å²) in [5.74, 6) is 0.959. The maximum absolute atomic E-state index is 2.59. The molecule has 1 saturated carbocycles. The van der Waals surface area contributed by atoms with Crippen LogP contribution in [0.2, 0.25) is 0 Å². The summed E-state index contributed by atoms with van der Waals surface area (Å²) in [4.78, 5) is 0. The van der Waals surface area contributed by atoms with Gasteiger partial charge in [0.1, 0.15) is 0 Å². The van der Waals surface area contributed by atoms with E-state index < -0.39 is 0 Å². The van der Waals surface area contributed by atoms with Crippen LogP contribution in [0.25, 0.3) is 0 Å². The van der Waals surface area contributed by atoms with Crippen LogP contribution in [0.5, 0.6) is 0 Å². The Kier molecular flexibility index (Phi) is 2.23. The van der Waals surface area contributed by atoms with Gasteiger partial charge in [-0.1, -0.05) is 23.6 Å². The van der Waals surface area contributed by atoms with Crippen molar-refractivity contribution in [3.63, 3.8) is 0 Å². The summed E-state index contributed by atoms with van der Waals surface area (Å²) in [6.07, 6.45) is 15.5. The van der Waals surface area contributed by atoms with Gasteiger partial charge in [-0.15, -0.1) is 0 Å². The molecule has 1 fully saturated rings. The van der Waals surface area contributed by atoms with Crippen molar-refractivity contribution in [1.82, 2.24) is 0 Å². The minimum absolute atomic E-state index is 0.959. The maximum atomic E-state index is 2.59. The third-order valence-corrected chi connectivity index (χ3v) is 4.27. The van der Waals surface area contributed by atoms with Crippen LogP contribution in [-0.4, -0.2) is 0 Å². The highest BCUT2D eigenvalue weighted by atomic mass is 14.3. The van der Waals surface area contributed by atoms with Crippen LogP contribution in [0.4, 0.5) is 0 Å². The summed E-state index contributed by atoms with van der Waals surface area (Å²) in [5, 5.41) is 0. The predicted molar refractivity (Wildman–Crippen MR) is 60.2 cm³/mol. The van der Waals surface area contributed by atoms with E-state index in [2.05, 4.69) is 6.08 Å². The fraction of sp³-hybridized carbons (Fsp3) is 0.714. The van der Waals surface area contributed by atoms with Gasteiger partial charge in [0.25, 0.3) is 0 Å². The topological polar surface area (TPSA) is 0 Å². The summed E-state index contributed by atoms with van der Waals surface area (Å²) in [6.45, 7) is 0. The molecule has 0 radical (unpaired) electrons. The molecule has 0 heterocycles. The smallest absolute Gasteiger partial charge is 0.0163 e. The summed E-state index contributed by atoms with van der Waals surface area (Å²) < 4.78 is 0. The van der Waals surface area contributed by atoms with Gasteiger partial charge < -0.3 is 0 Å². The molecule has 3 aliphatic carbocycles. The number of rotatable bonds is 0. The molecule has 0 heteroatoms. The molecule has 0 spiro atoms. The molecule has 0 bridgehead atoms. The summed E-state index contributed by atoms with van der Waals surface area (Å²) in [5.41, 5.74) is 5.37.